The topological polar surface area (TPSA) is 112 Å². The van der Waals surface area contributed by atoms with Crippen LogP contribution in [0.1, 0.15) is 51.4 Å². The molecule has 0 radical (unpaired) electrons. The number of fused-ring (bicyclic) bond motifs is 1. The lowest BCUT2D eigenvalue weighted by atomic mass is 9.99. The average molecular weight is 596 g/mol. The predicted molar refractivity (Wildman–Crippen MR) is 160 cm³/mol. The summed E-state index contributed by atoms with van der Waals surface area (Å²) in [5, 5.41) is 2.93. The fraction of sp³-hybridized carbons (Fsp3) is 0.387. The zero-order valence-corrected chi connectivity index (χ0v) is 24.6. The normalized spacial score (nSPS) is 16.1. The van der Waals surface area contributed by atoms with Crippen LogP contribution in [-0.4, -0.2) is 69.0 Å². The second-order valence-electron chi connectivity index (χ2n) is 11.1. The first-order valence-electron chi connectivity index (χ1n) is 14.2. The zero-order chi connectivity index (χ0) is 31.0. The van der Waals surface area contributed by atoms with Gasteiger partial charge in [0.15, 0.2) is 0 Å². The summed E-state index contributed by atoms with van der Waals surface area (Å²) in [4.78, 5) is 36.6. The molecular weight excluding hydrogens is 559 g/mol. The molecule has 1 amide bonds. The number of carbonyl (C=O) groups excluding carboxylic acids is 1. The van der Waals surface area contributed by atoms with E-state index in [1.165, 1.54) is 0 Å². The van der Waals surface area contributed by atoms with Gasteiger partial charge in [-0.15, -0.1) is 0 Å². The minimum absolute atomic E-state index is 0.0576. The predicted octanol–water partition coefficient (Wildman–Crippen LogP) is 4.37. The number of amides is 1. The third-order valence-electron chi connectivity index (χ3n) is 8.37. The summed E-state index contributed by atoms with van der Waals surface area (Å²) in [5.74, 6) is 0.0535. The number of nitrogen functional groups attached to an aromatic ring is 1. The number of H-pyrrole nitrogens is 1. The molecule has 43 heavy (non-hydrogen) atoms. The number of piperazine rings is 1. The molecule has 2 atom stereocenters. The molecule has 0 saturated carbocycles. The molecule has 4 N–H and O–H groups in total. The van der Waals surface area contributed by atoms with Crippen molar-refractivity contribution in [2.75, 3.05) is 31.9 Å². The molecule has 4 aromatic rings. The molecule has 1 saturated heterocycles. The molecule has 9 nitrogen and oxygen atoms in total. The summed E-state index contributed by atoms with van der Waals surface area (Å²) >= 11 is 0. The quantitative estimate of drug-likeness (QED) is 0.261. The van der Waals surface area contributed by atoms with Crippen LogP contribution in [-0.2, 0) is 6.54 Å². The van der Waals surface area contributed by atoms with E-state index in [4.69, 9.17) is 5.73 Å². The molecule has 5 rings (SSSR count). The number of hydrogen-bond acceptors (Lipinski definition) is 6. The summed E-state index contributed by atoms with van der Waals surface area (Å²) in [6.45, 7) is 8.67. The molecule has 0 spiro atoms. The van der Waals surface area contributed by atoms with Crippen molar-refractivity contribution in [1.29, 1.82) is 0 Å². The van der Waals surface area contributed by atoms with Gasteiger partial charge in [-0.05, 0) is 69.2 Å². The lowest BCUT2D eigenvalue weighted by Crippen LogP contribution is -2.51. The molecule has 4 aromatic heterocycles. The fourth-order valence-corrected chi connectivity index (χ4v) is 5.99. The Labute approximate surface area is 247 Å². The number of rotatable bonds is 8. The molecule has 0 aromatic carbocycles. The molecule has 1 aliphatic heterocycles. The van der Waals surface area contributed by atoms with E-state index in [1.807, 2.05) is 55.6 Å². The van der Waals surface area contributed by atoms with Crippen molar-refractivity contribution in [3.05, 3.63) is 86.7 Å². The highest BCUT2D eigenvalue weighted by Gasteiger charge is 2.33. The number of halogens is 3. The van der Waals surface area contributed by atoms with E-state index in [2.05, 4.69) is 20.2 Å². The highest BCUT2D eigenvalue weighted by Crippen LogP contribution is 2.34. The molecule has 5 heterocycles. The minimum Gasteiger partial charge on any atom is -0.384 e. The van der Waals surface area contributed by atoms with Crippen molar-refractivity contribution in [1.82, 2.24) is 29.5 Å². The standard InChI is InChI=1S/C31H36F3N7O2/c1-17-13-18(2)38-31(43)24(17)16-37-30(42)23-14-25-22(21-5-6-26(35)36-15-21)7-8-41(25)27(19(23)3)20(4)39-9-11-40(12-10-39)29(34)28(32)33/h5-8,13-15,20,28-29H,9-12,16H2,1-4H3,(H2,35,36)(H,37,42)(H,38,43). The maximum Gasteiger partial charge on any atom is 0.282 e. The Hall–Kier alpha value is -4.16. The van der Waals surface area contributed by atoms with Crippen molar-refractivity contribution >= 4 is 17.2 Å². The largest absolute Gasteiger partial charge is 0.384 e. The van der Waals surface area contributed by atoms with Crippen LogP contribution in [0.15, 0.2) is 47.5 Å². The first-order chi connectivity index (χ1) is 20.5. The first kappa shape index (κ1) is 30.3. The van der Waals surface area contributed by atoms with Gasteiger partial charge in [-0.2, -0.15) is 0 Å². The number of pyridine rings is 3. The smallest absolute Gasteiger partial charge is 0.282 e. The van der Waals surface area contributed by atoms with Gasteiger partial charge in [0.1, 0.15) is 5.82 Å². The average Bonchev–Trinajstić information content (AvgIpc) is 3.39. The summed E-state index contributed by atoms with van der Waals surface area (Å²) < 4.78 is 42.0. The highest BCUT2D eigenvalue weighted by molar-refractivity contribution is 5.98. The maximum atomic E-state index is 14.0. The van der Waals surface area contributed by atoms with Crippen molar-refractivity contribution in [2.24, 2.45) is 0 Å². The van der Waals surface area contributed by atoms with Crippen LogP contribution in [0.5, 0.6) is 0 Å². The zero-order valence-electron chi connectivity index (χ0n) is 24.6. The molecule has 1 aliphatic rings. The van der Waals surface area contributed by atoms with Crippen molar-refractivity contribution in [3.8, 4) is 11.1 Å². The number of nitrogens with two attached hydrogens (primary N) is 1. The van der Waals surface area contributed by atoms with Crippen LogP contribution >= 0.6 is 0 Å². The van der Waals surface area contributed by atoms with Crippen LogP contribution in [0, 0.1) is 20.8 Å². The van der Waals surface area contributed by atoms with E-state index >= 15 is 0 Å². The number of alkyl halides is 3. The summed E-state index contributed by atoms with van der Waals surface area (Å²) in [6.07, 6.45) is -1.74. The van der Waals surface area contributed by atoms with Crippen molar-refractivity contribution in [3.63, 3.8) is 0 Å². The Bertz CT molecular complexity index is 1690. The molecule has 1 fully saturated rings. The lowest BCUT2D eigenvalue weighted by Gasteiger charge is -2.39. The number of carbonyl (C=O) groups is 1. The Balaban J connectivity index is 1.53. The molecule has 228 valence electrons. The number of nitrogens with one attached hydrogen (secondary N) is 2. The monoisotopic (exact) mass is 595 g/mol. The van der Waals surface area contributed by atoms with E-state index in [0.29, 0.717) is 30.0 Å². The van der Waals surface area contributed by atoms with Gasteiger partial charge in [0, 0.05) is 84.8 Å². The molecular formula is C31H36F3N7O2. The second-order valence-corrected chi connectivity index (χ2v) is 11.1. The van der Waals surface area contributed by atoms with Crippen LogP contribution in [0.25, 0.3) is 16.6 Å². The number of nitrogens with zero attached hydrogens (tertiary/aromatic N) is 4. The third-order valence-corrected chi connectivity index (χ3v) is 8.37. The van der Waals surface area contributed by atoms with E-state index < -0.39 is 12.7 Å². The summed E-state index contributed by atoms with van der Waals surface area (Å²) in [6, 6.07) is 8.98. The highest BCUT2D eigenvalue weighted by atomic mass is 19.3. The van der Waals surface area contributed by atoms with Gasteiger partial charge >= 0.3 is 0 Å². The van der Waals surface area contributed by atoms with Crippen LogP contribution in [0.3, 0.4) is 0 Å². The molecule has 12 heteroatoms. The van der Waals surface area contributed by atoms with Crippen molar-refractivity contribution in [2.45, 2.75) is 53.0 Å². The van der Waals surface area contributed by atoms with Crippen LogP contribution in [0.4, 0.5) is 19.0 Å². The fourth-order valence-electron chi connectivity index (χ4n) is 5.99. The van der Waals surface area contributed by atoms with Crippen LogP contribution in [0.2, 0.25) is 0 Å². The van der Waals surface area contributed by atoms with E-state index in [-0.39, 0.29) is 37.1 Å². The Morgan fingerprint density at radius 3 is 2.40 bits per heavy atom. The summed E-state index contributed by atoms with van der Waals surface area (Å²) in [5.41, 5.74) is 12.1. The molecule has 0 bridgehead atoms. The van der Waals surface area contributed by atoms with Gasteiger partial charge in [-0.25, -0.2) is 18.2 Å². The lowest BCUT2D eigenvalue weighted by molar-refractivity contribution is -0.0688. The number of hydrogen-bond donors (Lipinski definition) is 3. The molecule has 0 aliphatic carbocycles. The Morgan fingerprint density at radius 1 is 1.07 bits per heavy atom. The van der Waals surface area contributed by atoms with E-state index in [0.717, 1.165) is 44.1 Å². The minimum atomic E-state index is -3.05. The SMILES string of the molecule is Cc1cc(C)c(CNC(=O)c2cc3c(-c4ccc(N)nc4)ccn3c(C(C)N3CCN(C(F)C(F)F)CC3)c2C)c(=O)[nH]1. The summed E-state index contributed by atoms with van der Waals surface area (Å²) in [7, 11) is 0. The third kappa shape index (κ3) is 6.02. The van der Waals surface area contributed by atoms with Gasteiger partial charge in [0.05, 0.1) is 5.52 Å². The Morgan fingerprint density at radius 2 is 1.77 bits per heavy atom. The van der Waals surface area contributed by atoms with Gasteiger partial charge in [-0.1, -0.05) is 0 Å². The number of aromatic amines is 1. The molecule has 2 unspecified atom stereocenters. The van der Waals surface area contributed by atoms with E-state index in [9.17, 15) is 22.8 Å². The van der Waals surface area contributed by atoms with Gasteiger partial charge in [-0.3, -0.25) is 19.4 Å². The van der Waals surface area contributed by atoms with Gasteiger partial charge < -0.3 is 20.4 Å². The van der Waals surface area contributed by atoms with Gasteiger partial charge in [0.25, 0.3) is 17.9 Å². The number of aryl methyl sites for hydroxylation is 2. The Kier molecular flexibility index (Phi) is 8.61. The van der Waals surface area contributed by atoms with Gasteiger partial charge in [0.2, 0.25) is 6.30 Å². The maximum absolute atomic E-state index is 14.0. The number of anilines is 1. The van der Waals surface area contributed by atoms with Crippen molar-refractivity contribution < 1.29 is 18.0 Å². The second kappa shape index (κ2) is 12.2. The number of aromatic nitrogens is 3. The van der Waals surface area contributed by atoms with E-state index in [1.54, 1.807) is 19.2 Å². The first-order valence-corrected chi connectivity index (χ1v) is 14.2. The van der Waals surface area contributed by atoms with Crippen LogP contribution < -0.4 is 16.6 Å².